The molecule has 0 aliphatic rings. The van der Waals surface area contributed by atoms with Crippen molar-refractivity contribution in [2.45, 2.75) is 0 Å². The molecule has 0 amide bonds. The van der Waals surface area contributed by atoms with E-state index in [-0.39, 0.29) is 88.9 Å². The molecule has 0 aromatic carbocycles. The van der Waals surface area contributed by atoms with Gasteiger partial charge in [-0.15, -0.1) is 0 Å². The quantitative estimate of drug-likeness (QED) is 0.353. The van der Waals surface area contributed by atoms with E-state index >= 15 is 0 Å². The minimum atomic E-state index is -2.92. The Kier molecular flexibility index (Phi) is 180. The van der Waals surface area contributed by atoms with Gasteiger partial charge in [0.1, 0.15) is 0 Å². The fourth-order valence-corrected chi connectivity index (χ4v) is 0. The summed E-state index contributed by atoms with van der Waals surface area (Å²) in [6, 6.07) is 0. The zero-order valence-corrected chi connectivity index (χ0v) is 19.2. The summed E-state index contributed by atoms with van der Waals surface area (Å²) in [6.07, 6.45) is 0. The Bertz CT molecular complexity index is 34.8. The van der Waals surface area contributed by atoms with Gasteiger partial charge in [-0.25, -0.2) is 0 Å². The second kappa shape index (κ2) is 45.4. The number of rotatable bonds is 0. The minimum Gasteiger partial charge on any atom is -2.00 e. The van der Waals surface area contributed by atoms with Crippen molar-refractivity contribution in [3.63, 3.8) is 0 Å². The predicted octanol–water partition coefficient (Wildman–Crippen LogP) is -8.85. The topological polar surface area (TPSA) is 198 Å². The molecule has 0 aromatic heterocycles. The van der Waals surface area contributed by atoms with Crippen molar-refractivity contribution >= 4 is 14.6 Å². The standard InChI is InChI=1S/2BO3.H2O.O.4Zn/c2*2-1(3)4;;;;;;/h;;1H2;;;;;/q2*-3;;-2;4*+2. The van der Waals surface area contributed by atoms with Crippen LogP contribution in [-0.2, 0) is 83.4 Å². The Balaban J connectivity index is -0.00000000600. The average molecular weight is 413 g/mol. The van der Waals surface area contributed by atoms with E-state index in [1.807, 2.05) is 0 Å². The second-order valence-electron chi connectivity index (χ2n) is 0.577. The van der Waals surface area contributed by atoms with Crippen molar-refractivity contribution in [3.8, 4) is 0 Å². The smallest absolute Gasteiger partial charge is 2.00 e. The van der Waals surface area contributed by atoms with Gasteiger partial charge in [-0.1, -0.05) is 0 Å². The van der Waals surface area contributed by atoms with Gasteiger partial charge in [0.25, 0.3) is 0 Å². The Morgan fingerprint density at radius 3 is 0.500 bits per heavy atom. The van der Waals surface area contributed by atoms with E-state index in [4.69, 9.17) is 30.1 Å². The van der Waals surface area contributed by atoms with Crippen LogP contribution >= 0.6 is 0 Å². The van der Waals surface area contributed by atoms with Crippen LogP contribution in [0.25, 0.3) is 0 Å². The van der Waals surface area contributed by atoms with Crippen molar-refractivity contribution in [2.75, 3.05) is 0 Å². The van der Waals surface area contributed by atoms with Crippen LogP contribution in [0.15, 0.2) is 0 Å². The molecule has 0 fully saturated rings. The first kappa shape index (κ1) is 55.4. The molecule has 0 atom stereocenters. The number of hydrogen-bond donors (Lipinski definition) is 0. The molecule has 0 aliphatic carbocycles. The SMILES string of the molecule is O.[O-2].[O-]B([O-])[O-].[O-]B([O-])[O-].[Zn+2].[Zn+2].[Zn+2].[Zn+2]. The van der Waals surface area contributed by atoms with Gasteiger partial charge >= 0.3 is 77.9 Å². The van der Waals surface area contributed by atoms with E-state index in [2.05, 4.69) is 0 Å². The third kappa shape index (κ3) is 477. The summed E-state index contributed by atoms with van der Waals surface area (Å²) in [5.41, 5.74) is 0. The van der Waals surface area contributed by atoms with Crippen molar-refractivity contribution in [2.24, 2.45) is 0 Å². The monoisotopic (exact) mass is 408 g/mol. The molecule has 14 heavy (non-hydrogen) atoms. The molecule has 0 saturated carbocycles. The Morgan fingerprint density at radius 2 is 0.500 bits per heavy atom. The molecule has 14 heteroatoms. The fourth-order valence-electron chi connectivity index (χ4n) is 0. The molecule has 0 heterocycles. The van der Waals surface area contributed by atoms with Crippen LogP contribution in [0.2, 0.25) is 0 Å². The zero-order chi connectivity index (χ0) is 7.15. The molecule has 0 unspecified atom stereocenters. The first-order valence-corrected chi connectivity index (χ1v) is 1.41. The van der Waals surface area contributed by atoms with Crippen LogP contribution in [0, 0.1) is 0 Å². The van der Waals surface area contributed by atoms with Gasteiger partial charge in [-0.2, -0.15) is 0 Å². The average Bonchev–Trinajstić information content (AvgIpc) is 1.25. The Labute approximate surface area is 132 Å². The second-order valence-corrected chi connectivity index (χ2v) is 0.577. The molecule has 0 rings (SSSR count). The molecule has 0 bridgehead atoms. The van der Waals surface area contributed by atoms with Crippen LogP contribution in [0.1, 0.15) is 0 Å². The third-order valence-corrected chi connectivity index (χ3v) is 0. The summed E-state index contributed by atoms with van der Waals surface area (Å²) in [6.45, 7) is 0. The molecule has 8 nitrogen and oxygen atoms in total. The van der Waals surface area contributed by atoms with Gasteiger partial charge in [0, 0.05) is 0 Å². The largest absolute Gasteiger partial charge is 2.00 e. The molecule has 0 aromatic rings. The third-order valence-electron chi connectivity index (χ3n) is 0. The van der Waals surface area contributed by atoms with Gasteiger partial charge in [0.05, 0.1) is 0 Å². The molecular formula is H2B2O8Zn4. The minimum absolute atomic E-state index is 0. The van der Waals surface area contributed by atoms with E-state index in [1.165, 1.54) is 0 Å². The van der Waals surface area contributed by atoms with Gasteiger partial charge in [0.2, 0.25) is 0 Å². The molecule has 0 saturated heterocycles. The molecule has 0 aliphatic heterocycles. The summed E-state index contributed by atoms with van der Waals surface area (Å²) in [5.74, 6) is 0. The van der Waals surface area contributed by atoms with Crippen LogP contribution < -0.4 is 30.1 Å². The first-order chi connectivity index (χ1) is 3.46. The molecular weight excluding hydrogens is 411 g/mol. The maximum atomic E-state index is 8.42. The summed E-state index contributed by atoms with van der Waals surface area (Å²) in [4.78, 5) is 0. The van der Waals surface area contributed by atoms with E-state index in [9.17, 15) is 0 Å². The van der Waals surface area contributed by atoms with Crippen molar-refractivity contribution in [1.82, 2.24) is 0 Å². The maximum absolute atomic E-state index is 8.42. The van der Waals surface area contributed by atoms with E-state index in [0.29, 0.717) is 0 Å². The van der Waals surface area contributed by atoms with Crippen LogP contribution in [0.5, 0.6) is 0 Å². The van der Waals surface area contributed by atoms with Crippen LogP contribution in [-0.4, -0.2) is 20.1 Å². The summed E-state index contributed by atoms with van der Waals surface area (Å²) < 4.78 is 0. The van der Waals surface area contributed by atoms with E-state index < -0.39 is 14.6 Å². The Hall–Kier alpha value is 2.30. The van der Waals surface area contributed by atoms with E-state index in [0.717, 1.165) is 0 Å². The molecule has 0 radical (unpaired) electrons. The van der Waals surface area contributed by atoms with Crippen molar-refractivity contribution < 1.29 is 119 Å². The summed E-state index contributed by atoms with van der Waals surface area (Å²) in [7, 11) is -5.83. The van der Waals surface area contributed by atoms with E-state index in [1.54, 1.807) is 0 Å². The van der Waals surface area contributed by atoms with Crippen LogP contribution in [0.3, 0.4) is 0 Å². The van der Waals surface area contributed by atoms with Gasteiger partial charge in [-0.3, -0.25) is 14.6 Å². The predicted molar refractivity (Wildman–Crippen MR) is 15.8 cm³/mol. The molecule has 64 valence electrons. The normalized spacial score (nSPS) is 3.86. The number of hydrogen-bond acceptors (Lipinski definition) is 6. The van der Waals surface area contributed by atoms with Gasteiger partial charge in [-0.05, 0) is 0 Å². The van der Waals surface area contributed by atoms with Crippen molar-refractivity contribution in [3.05, 3.63) is 0 Å². The fraction of sp³-hybridized carbons (Fsp3) is 0. The molecule has 0 spiro atoms. The summed E-state index contributed by atoms with van der Waals surface area (Å²) in [5, 5.41) is 50.5. The molecule has 2 N–H and O–H groups in total. The van der Waals surface area contributed by atoms with Crippen molar-refractivity contribution in [1.29, 1.82) is 0 Å². The first-order valence-electron chi connectivity index (χ1n) is 1.41. The Morgan fingerprint density at radius 1 is 0.500 bits per heavy atom. The van der Waals surface area contributed by atoms with Gasteiger partial charge in [0.15, 0.2) is 0 Å². The summed E-state index contributed by atoms with van der Waals surface area (Å²) >= 11 is 0. The van der Waals surface area contributed by atoms with Gasteiger partial charge < -0.3 is 41.1 Å². The maximum Gasteiger partial charge on any atom is 2.00 e. The van der Waals surface area contributed by atoms with Crippen LogP contribution in [0.4, 0.5) is 0 Å². The zero-order valence-electron chi connectivity index (χ0n) is 7.34.